The van der Waals surface area contributed by atoms with Crippen LogP contribution in [0.4, 0.5) is 5.82 Å². The van der Waals surface area contributed by atoms with E-state index in [9.17, 15) is 18.3 Å². The summed E-state index contributed by atoms with van der Waals surface area (Å²) in [6.45, 7) is 0.388. The van der Waals surface area contributed by atoms with Gasteiger partial charge in [-0.05, 0) is 43.7 Å². The lowest BCUT2D eigenvalue weighted by Gasteiger charge is -2.18. The fourth-order valence-electron chi connectivity index (χ4n) is 2.47. The van der Waals surface area contributed by atoms with Crippen LogP contribution in [0.3, 0.4) is 0 Å². The van der Waals surface area contributed by atoms with Crippen LogP contribution >= 0.6 is 0 Å². The summed E-state index contributed by atoms with van der Waals surface area (Å²) < 4.78 is 22.1. The van der Waals surface area contributed by atoms with E-state index in [1.165, 1.54) is 6.26 Å². The number of rotatable bonds is 6. The SMILES string of the molecule is CS(=O)(=O)CCCNc1nc2c(cc1C(=O)O)CCCC2. The lowest BCUT2D eigenvalue weighted by Crippen LogP contribution is -2.16. The van der Waals surface area contributed by atoms with Crippen LogP contribution < -0.4 is 5.32 Å². The summed E-state index contributed by atoms with van der Waals surface area (Å²) in [7, 11) is -3.00. The van der Waals surface area contributed by atoms with Gasteiger partial charge in [0, 0.05) is 18.5 Å². The summed E-state index contributed by atoms with van der Waals surface area (Å²) in [5.41, 5.74) is 2.13. The Balaban J connectivity index is 2.12. The first kappa shape index (κ1) is 15.8. The molecule has 0 saturated heterocycles. The molecule has 116 valence electrons. The van der Waals surface area contributed by atoms with Crippen molar-refractivity contribution in [2.24, 2.45) is 0 Å². The van der Waals surface area contributed by atoms with Crippen LogP contribution in [0, 0.1) is 0 Å². The minimum absolute atomic E-state index is 0.0767. The van der Waals surface area contributed by atoms with Crippen molar-refractivity contribution in [3.05, 3.63) is 22.9 Å². The van der Waals surface area contributed by atoms with Crippen LogP contribution in [0.2, 0.25) is 0 Å². The molecule has 0 saturated carbocycles. The maximum atomic E-state index is 11.3. The summed E-state index contributed by atoms with van der Waals surface area (Å²) in [5, 5.41) is 12.2. The molecule has 21 heavy (non-hydrogen) atoms. The highest BCUT2D eigenvalue weighted by molar-refractivity contribution is 7.90. The molecular formula is C14H20N2O4S. The summed E-state index contributed by atoms with van der Waals surface area (Å²) in [6.07, 6.45) is 5.49. The number of aromatic nitrogens is 1. The Bertz CT molecular complexity index is 641. The minimum atomic E-state index is -3.00. The van der Waals surface area contributed by atoms with Gasteiger partial charge in [0.05, 0.1) is 5.75 Å². The lowest BCUT2D eigenvalue weighted by atomic mass is 9.95. The summed E-state index contributed by atoms with van der Waals surface area (Å²) in [5.74, 6) is -0.592. The van der Waals surface area contributed by atoms with E-state index in [1.54, 1.807) is 6.07 Å². The molecule has 6 nitrogen and oxygen atoms in total. The van der Waals surface area contributed by atoms with E-state index >= 15 is 0 Å². The number of carboxylic acid groups (broad SMARTS) is 1. The molecule has 1 aromatic rings. The zero-order valence-electron chi connectivity index (χ0n) is 12.1. The Morgan fingerprint density at radius 3 is 2.76 bits per heavy atom. The van der Waals surface area contributed by atoms with Crippen molar-refractivity contribution in [2.75, 3.05) is 23.9 Å². The fraction of sp³-hybridized carbons (Fsp3) is 0.571. The van der Waals surface area contributed by atoms with Crippen LogP contribution in [0.5, 0.6) is 0 Å². The number of fused-ring (bicyclic) bond motifs is 1. The van der Waals surface area contributed by atoms with E-state index in [4.69, 9.17) is 0 Å². The molecule has 2 rings (SSSR count). The van der Waals surface area contributed by atoms with Crippen LogP contribution in [-0.4, -0.2) is 43.0 Å². The second kappa shape index (κ2) is 6.43. The third kappa shape index (κ3) is 4.42. The topological polar surface area (TPSA) is 96.4 Å². The summed E-state index contributed by atoms with van der Waals surface area (Å²) in [4.78, 5) is 15.8. The normalized spacial score (nSPS) is 14.5. The van der Waals surface area contributed by atoms with Crippen molar-refractivity contribution >= 4 is 21.6 Å². The Labute approximate surface area is 124 Å². The molecule has 0 aliphatic heterocycles. The number of hydrogen-bond acceptors (Lipinski definition) is 5. The molecule has 0 aromatic carbocycles. The van der Waals surface area contributed by atoms with Gasteiger partial charge in [-0.15, -0.1) is 0 Å². The van der Waals surface area contributed by atoms with Gasteiger partial charge in [0.25, 0.3) is 0 Å². The molecule has 7 heteroatoms. The maximum Gasteiger partial charge on any atom is 0.339 e. The standard InChI is InChI=1S/C14H20N2O4S/c1-21(19,20)8-4-7-15-13-11(14(17)18)9-10-5-2-3-6-12(10)16-13/h9H,2-8H2,1H3,(H,15,16)(H,17,18). The number of carbonyl (C=O) groups is 1. The number of nitrogens with zero attached hydrogens (tertiary/aromatic N) is 1. The smallest absolute Gasteiger partial charge is 0.339 e. The Morgan fingerprint density at radius 2 is 2.10 bits per heavy atom. The van der Waals surface area contributed by atoms with E-state index in [-0.39, 0.29) is 11.3 Å². The Morgan fingerprint density at radius 1 is 1.38 bits per heavy atom. The third-order valence-corrected chi connectivity index (χ3v) is 4.55. The van der Waals surface area contributed by atoms with Gasteiger partial charge in [-0.25, -0.2) is 18.2 Å². The molecule has 0 bridgehead atoms. The number of aryl methyl sites for hydroxylation is 2. The van der Waals surface area contributed by atoms with E-state index in [1.807, 2.05) is 0 Å². The molecule has 1 aliphatic rings. The molecule has 0 radical (unpaired) electrons. The van der Waals surface area contributed by atoms with Gasteiger partial charge in [0.1, 0.15) is 21.2 Å². The van der Waals surface area contributed by atoms with Crippen molar-refractivity contribution in [3.8, 4) is 0 Å². The van der Waals surface area contributed by atoms with Crippen LogP contribution in [0.15, 0.2) is 6.07 Å². The number of sulfone groups is 1. The highest BCUT2D eigenvalue weighted by Crippen LogP contribution is 2.24. The average Bonchev–Trinajstić information content (AvgIpc) is 2.41. The highest BCUT2D eigenvalue weighted by atomic mass is 32.2. The number of nitrogens with one attached hydrogen (secondary N) is 1. The van der Waals surface area contributed by atoms with E-state index in [0.717, 1.165) is 36.9 Å². The fourth-order valence-corrected chi connectivity index (χ4v) is 3.14. The number of carboxylic acids is 1. The van der Waals surface area contributed by atoms with Crippen molar-refractivity contribution < 1.29 is 18.3 Å². The van der Waals surface area contributed by atoms with Crippen LogP contribution in [-0.2, 0) is 22.7 Å². The van der Waals surface area contributed by atoms with Crippen LogP contribution in [0.1, 0.15) is 40.9 Å². The van der Waals surface area contributed by atoms with Crippen LogP contribution in [0.25, 0.3) is 0 Å². The van der Waals surface area contributed by atoms with Gasteiger partial charge < -0.3 is 10.4 Å². The van der Waals surface area contributed by atoms with Crippen molar-refractivity contribution in [2.45, 2.75) is 32.1 Å². The van der Waals surface area contributed by atoms with Crippen molar-refractivity contribution in [3.63, 3.8) is 0 Å². The van der Waals surface area contributed by atoms with Gasteiger partial charge in [-0.3, -0.25) is 0 Å². The second-order valence-electron chi connectivity index (χ2n) is 5.41. The number of hydrogen-bond donors (Lipinski definition) is 2. The molecule has 0 spiro atoms. The average molecular weight is 312 g/mol. The summed E-state index contributed by atoms with van der Waals surface area (Å²) in [6, 6.07) is 1.70. The first-order valence-corrected chi connectivity index (χ1v) is 9.10. The number of anilines is 1. The van der Waals surface area contributed by atoms with Gasteiger partial charge >= 0.3 is 5.97 Å². The molecule has 0 fully saturated rings. The highest BCUT2D eigenvalue weighted by Gasteiger charge is 2.18. The Kier molecular flexibility index (Phi) is 4.82. The maximum absolute atomic E-state index is 11.3. The predicted octanol–water partition coefficient (Wildman–Crippen LogP) is 1.51. The second-order valence-corrected chi connectivity index (χ2v) is 7.67. The molecule has 1 aliphatic carbocycles. The zero-order chi connectivity index (χ0) is 15.5. The summed E-state index contributed by atoms with van der Waals surface area (Å²) >= 11 is 0. The first-order valence-electron chi connectivity index (χ1n) is 7.04. The molecule has 1 heterocycles. The molecule has 0 amide bonds. The van der Waals surface area contributed by atoms with Gasteiger partial charge in [0.2, 0.25) is 0 Å². The lowest BCUT2D eigenvalue weighted by molar-refractivity contribution is 0.0697. The molecule has 2 N–H and O–H groups in total. The van der Waals surface area contributed by atoms with Gasteiger partial charge in [0.15, 0.2) is 0 Å². The van der Waals surface area contributed by atoms with Gasteiger partial charge in [-0.1, -0.05) is 0 Å². The van der Waals surface area contributed by atoms with E-state index < -0.39 is 15.8 Å². The largest absolute Gasteiger partial charge is 0.478 e. The number of pyridine rings is 1. The van der Waals surface area contributed by atoms with E-state index in [2.05, 4.69) is 10.3 Å². The molecule has 0 unspecified atom stereocenters. The van der Waals surface area contributed by atoms with E-state index in [0.29, 0.717) is 18.8 Å². The predicted molar refractivity (Wildman–Crippen MR) is 80.7 cm³/mol. The zero-order valence-corrected chi connectivity index (χ0v) is 12.9. The monoisotopic (exact) mass is 312 g/mol. The Hall–Kier alpha value is -1.63. The molecular weight excluding hydrogens is 292 g/mol. The molecule has 0 atom stereocenters. The minimum Gasteiger partial charge on any atom is -0.478 e. The number of aromatic carboxylic acids is 1. The van der Waals surface area contributed by atoms with Gasteiger partial charge in [-0.2, -0.15) is 0 Å². The third-order valence-electron chi connectivity index (χ3n) is 3.52. The molecule has 1 aromatic heterocycles. The van der Waals surface area contributed by atoms with Crippen molar-refractivity contribution in [1.29, 1.82) is 0 Å². The first-order chi connectivity index (χ1) is 9.87. The quantitative estimate of drug-likeness (QED) is 0.773. The van der Waals surface area contributed by atoms with Crippen molar-refractivity contribution in [1.82, 2.24) is 4.98 Å².